The number of nitrogens with zero attached hydrogens (tertiary/aromatic N) is 3. The number of aryl methyl sites for hydroxylation is 1. The lowest BCUT2D eigenvalue weighted by Gasteiger charge is -2.33. The summed E-state index contributed by atoms with van der Waals surface area (Å²) in [6.45, 7) is 9.69. The van der Waals surface area contributed by atoms with Gasteiger partial charge in [0.05, 0.1) is 6.54 Å². The van der Waals surface area contributed by atoms with Crippen molar-refractivity contribution < 1.29 is 4.42 Å². The van der Waals surface area contributed by atoms with E-state index < -0.39 is 0 Å². The summed E-state index contributed by atoms with van der Waals surface area (Å²) in [4.78, 5) is 2.42. The average Bonchev–Trinajstić information content (AvgIpc) is 2.86. The van der Waals surface area contributed by atoms with E-state index in [0.29, 0.717) is 11.8 Å². The summed E-state index contributed by atoms with van der Waals surface area (Å²) in [6.07, 6.45) is 1.31. The zero-order valence-electron chi connectivity index (χ0n) is 13.0. The number of likely N-dealkylation sites (tertiary alicyclic amines) is 1. The van der Waals surface area contributed by atoms with Gasteiger partial charge in [0.2, 0.25) is 11.8 Å². The molecule has 2 heterocycles. The van der Waals surface area contributed by atoms with Crippen LogP contribution in [0.15, 0.2) is 28.7 Å². The molecule has 1 aromatic carbocycles. The summed E-state index contributed by atoms with van der Waals surface area (Å²) >= 11 is 0. The molecule has 0 spiro atoms. The topological polar surface area (TPSA) is 42.2 Å². The molecule has 0 N–H and O–H groups in total. The molecule has 1 saturated heterocycles. The van der Waals surface area contributed by atoms with E-state index in [9.17, 15) is 0 Å². The lowest BCUT2D eigenvalue weighted by molar-refractivity contribution is 0.124. The van der Waals surface area contributed by atoms with E-state index in [2.05, 4.69) is 48.0 Å². The lowest BCUT2D eigenvalue weighted by Crippen LogP contribution is -2.38. The average molecular weight is 285 g/mol. The Morgan fingerprint density at radius 3 is 2.67 bits per heavy atom. The number of piperidine rings is 1. The second kappa shape index (κ2) is 5.98. The second-order valence-electron chi connectivity index (χ2n) is 6.51. The van der Waals surface area contributed by atoms with Gasteiger partial charge >= 0.3 is 0 Å². The Morgan fingerprint density at radius 2 is 1.95 bits per heavy atom. The van der Waals surface area contributed by atoms with Crippen molar-refractivity contribution in [2.24, 2.45) is 11.8 Å². The SMILES string of the molecule is Cc1cccc(-c2nnc(CN3CC(C)CC(C)C3)o2)c1. The molecule has 1 aliphatic heterocycles. The summed E-state index contributed by atoms with van der Waals surface area (Å²) in [5.41, 5.74) is 2.19. The lowest BCUT2D eigenvalue weighted by atomic mass is 9.92. The molecule has 4 nitrogen and oxygen atoms in total. The first-order chi connectivity index (χ1) is 10.1. The highest BCUT2D eigenvalue weighted by Gasteiger charge is 2.23. The van der Waals surface area contributed by atoms with Crippen molar-refractivity contribution in [1.29, 1.82) is 0 Å². The van der Waals surface area contributed by atoms with Gasteiger partial charge in [0.25, 0.3) is 0 Å². The highest BCUT2D eigenvalue weighted by atomic mass is 16.4. The first-order valence-corrected chi connectivity index (χ1v) is 7.72. The molecule has 0 bridgehead atoms. The van der Waals surface area contributed by atoms with E-state index in [1.807, 2.05) is 12.1 Å². The van der Waals surface area contributed by atoms with Gasteiger partial charge in [0.1, 0.15) is 0 Å². The van der Waals surface area contributed by atoms with E-state index in [0.717, 1.165) is 37.0 Å². The smallest absolute Gasteiger partial charge is 0.247 e. The molecule has 21 heavy (non-hydrogen) atoms. The minimum atomic E-state index is 0.617. The molecule has 112 valence electrons. The van der Waals surface area contributed by atoms with Gasteiger partial charge in [-0.2, -0.15) is 0 Å². The predicted octanol–water partition coefficient (Wildman–Crippen LogP) is 3.52. The highest BCUT2D eigenvalue weighted by Crippen LogP contribution is 2.23. The van der Waals surface area contributed by atoms with Gasteiger partial charge in [-0.15, -0.1) is 10.2 Å². The van der Waals surface area contributed by atoms with Crippen LogP contribution < -0.4 is 0 Å². The molecule has 2 unspecified atom stereocenters. The number of rotatable bonds is 3. The fourth-order valence-electron chi connectivity index (χ4n) is 3.32. The number of hydrogen-bond donors (Lipinski definition) is 0. The Labute approximate surface area is 126 Å². The molecule has 2 aromatic rings. The van der Waals surface area contributed by atoms with E-state index in [4.69, 9.17) is 4.42 Å². The third kappa shape index (κ3) is 3.50. The molecule has 1 aromatic heterocycles. The van der Waals surface area contributed by atoms with Crippen LogP contribution >= 0.6 is 0 Å². The third-order valence-corrected chi connectivity index (χ3v) is 4.04. The van der Waals surface area contributed by atoms with Gasteiger partial charge in [-0.3, -0.25) is 4.90 Å². The predicted molar refractivity (Wildman–Crippen MR) is 82.7 cm³/mol. The molecule has 2 atom stereocenters. The van der Waals surface area contributed by atoms with Crippen LogP contribution in [-0.2, 0) is 6.54 Å². The van der Waals surface area contributed by atoms with Crippen LogP contribution in [-0.4, -0.2) is 28.2 Å². The van der Waals surface area contributed by atoms with Crippen molar-refractivity contribution in [2.45, 2.75) is 33.7 Å². The fraction of sp³-hybridized carbons (Fsp3) is 0.529. The van der Waals surface area contributed by atoms with Gasteiger partial charge in [-0.25, -0.2) is 0 Å². The Hall–Kier alpha value is -1.68. The van der Waals surface area contributed by atoms with Crippen molar-refractivity contribution in [1.82, 2.24) is 15.1 Å². The maximum Gasteiger partial charge on any atom is 0.247 e. The van der Waals surface area contributed by atoms with Gasteiger partial charge in [-0.05, 0) is 37.3 Å². The van der Waals surface area contributed by atoms with Crippen molar-refractivity contribution in [3.63, 3.8) is 0 Å². The molecule has 0 amide bonds. The summed E-state index contributed by atoms with van der Waals surface area (Å²) in [5.74, 6) is 2.82. The molecule has 4 heteroatoms. The van der Waals surface area contributed by atoms with E-state index in [1.54, 1.807) is 0 Å². The van der Waals surface area contributed by atoms with Gasteiger partial charge in [-0.1, -0.05) is 31.5 Å². The first-order valence-electron chi connectivity index (χ1n) is 7.72. The fourth-order valence-corrected chi connectivity index (χ4v) is 3.32. The van der Waals surface area contributed by atoms with Crippen molar-refractivity contribution in [2.75, 3.05) is 13.1 Å². The van der Waals surface area contributed by atoms with E-state index in [1.165, 1.54) is 12.0 Å². The highest BCUT2D eigenvalue weighted by molar-refractivity contribution is 5.53. The Morgan fingerprint density at radius 1 is 1.19 bits per heavy atom. The molecule has 0 radical (unpaired) electrons. The molecule has 0 aliphatic carbocycles. The van der Waals surface area contributed by atoms with E-state index in [-0.39, 0.29) is 0 Å². The Balaban J connectivity index is 1.70. The Bertz CT molecular complexity index is 598. The standard InChI is InChI=1S/C17H23N3O/c1-12-5-4-6-15(8-12)17-19-18-16(21-17)11-20-9-13(2)7-14(3)10-20/h4-6,8,13-14H,7,9-11H2,1-3H3. The maximum atomic E-state index is 5.83. The summed E-state index contributed by atoms with van der Waals surface area (Å²) in [5, 5.41) is 8.40. The van der Waals surface area contributed by atoms with Crippen molar-refractivity contribution in [3.05, 3.63) is 35.7 Å². The van der Waals surface area contributed by atoms with Gasteiger partial charge < -0.3 is 4.42 Å². The van der Waals surface area contributed by atoms with Crippen LogP contribution in [0.3, 0.4) is 0 Å². The number of benzene rings is 1. The van der Waals surface area contributed by atoms with Crippen LogP contribution in [0.1, 0.15) is 31.7 Å². The largest absolute Gasteiger partial charge is 0.419 e. The van der Waals surface area contributed by atoms with Crippen molar-refractivity contribution in [3.8, 4) is 11.5 Å². The zero-order chi connectivity index (χ0) is 14.8. The van der Waals surface area contributed by atoms with Gasteiger partial charge in [0.15, 0.2) is 0 Å². The molecular weight excluding hydrogens is 262 g/mol. The van der Waals surface area contributed by atoms with E-state index >= 15 is 0 Å². The van der Waals surface area contributed by atoms with Crippen LogP contribution in [0.25, 0.3) is 11.5 Å². The molecular formula is C17H23N3O. The van der Waals surface area contributed by atoms with Crippen molar-refractivity contribution >= 4 is 0 Å². The second-order valence-corrected chi connectivity index (χ2v) is 6.51. The zero-order valence-corrected chi connectivity index (χ0v) is 13.0. The maximum absolute atomic E-state index is 5.83. The third-order valence-electron chi connectivity index (χ3n) is 4.04. The number of aromatic nitrogens is 2. The quantitative estimate of drug-likeness (QED) is 0.865. The molecule has 1 aliphatic rings. The Kier molecular flexibility index (Phi) is 4.06. The van der Waals surface area contributed by atoms with Crippen LogP contribution in [0.5, 0.6) is 0 Å². The summed E-state index contributed by atoms with van der Waals surface area (Å²) < 4.78 is 5.83. The van der Waals surface area contributed by atoms with Crippen LogP contribution in [0.2, 0.25) is 0 Å². The minimum absolute atomic E-state index is 0.617. The molecule has 0 saturated carbocycles. The van der Waals surface area contributed by atoms with Crippen LogP contribution in [0.4, 0.5) is 0 Å². The summed E-state index contributed by atoms with van der Waals surface area (Å²) in [7, 11) is 0. The van der Waals surface area contributed by atoms with Crippen LogP contribution in [0, 0.1) is 18.8 Å². The monoisotopic (exact) mass is 285 g/mol. The van der Waals surface area contributed by atoms with Gasteiger partial charge in [0, 0.05) is 18.7 Å². The first kappa shape index (κ1) is 14.3. The molecule has 1 fully saturated rings. The normalized spacial score (nSPS) is 23.4. The molecule has 3 rings (SSSR count). The summed E-state index contributed by atoms with van der Waals surface area (Å²) in [6, 6.07) is 8.16. The minimum Gasteiger partial charge on any atom is -0.419 e. The number of hydrogen-bond acceptors (Lipinski definition) is 4.